The minimum atomic E-state index is 0.0871. The van der Waals surface area contributed by atoms with Crippen LogP contribution < -0.4 is 9.88 Å². The molecule has 1 aliphatic rings. The second kappa shape index (κ2) is 5.69. The van der Waals surface area contributed by atoms with Gasteiger partial charge in [0.05, 0.1) is 19.3 Å². The van der Waals surface area contributed by atoms with Crippen LogP contribution in [0.1, 0.15) is 10.4 Å². The second-order valence-corrected chi connectivity index (χ2v) is 4.76. The van der Waals surface area contributed by atoms with Crippen molar-refractivity contribution in [2.75, 3.05) is 31.1 Å². The van der Waals surface area contributed by atoms with E-state index in [2.05, 4.69) is 20.9 Å². The first-order valence-corrected chi connectivity index (χ1v) is 6.75. The Kier molecular flexibility index (Phi) is 3.58. The number of carbonyl (C=O) groups is 1. The van der Waals surface area contributed by atoms with Crippen LogP contribution in [-0.4, -0.2) is 42.0 Å². The van der Waals surface area contributed by atoms with Crippen molar-refractivity contribution in [3.8, 4) is 0 Å². The topological polar surface area (TPSA) is 50.6 Å². The summed E-state index contributed by atoms with van der Waals surface area (Å²) in [6.07, 6.45) is 5.23. The summed E-state index contributed by atoms with van der Waals surface area (Å²) in [7, 11) is 0. The molecule has 0 unspecified atom stereocenters. The number of rotatable bonds is 2. The summed E-state index contributed by atoms with van der Waals surface area (Å²) >= 11 is 0. The Morgan fingerprint density at radius 3 is 2.45 bits per heavy atom. The summed E-state index contributed by atoms with van der Waals surface area (Å²) < 4.78 is 0. The van der Waals surface area contributed by atoms with E-state index in [0.29, 0.717) is 5.56 Å². The summed E-state index contributed by atoms with van der Waals surface area (Å²) in [5.74, 6) is 1.19. The Balaban J connectivity index is 1.63. The smallest absolute Gasteiger partial charge is 0.274 e. The first kappa shape index (κ1) is 12.6. The van der Waals surface area contributed by atoms with Crippen LogP contribution in [0, 0.1) is 0 Å². The predicted molar refractivity (Wildman–Crippen MR) is 75.4 cm³/mol. The number of amides is 1. The highest BCUT2D eigenvalue weighted by molar-refractivity contribution is 5.94. The molecular weight excluding hydrogens is 252 g/mol. The van der Waals surface area contributed by atoms with Crippen LogP contribution in [0.4, 0.5) is 5.82 Å². The van der Waals surface area contributed by atoms with Gasteiger partial charge in [-0.05, 0) is 18.2 Å². The van der Waals surface area contributed by atoms with Crippen molar-refractivity contribution in [2.24, 2.45) is 0 Å². The summed E-state index contributed by atoms with van der Waals surface area (Å²) in [6, 6.07) is 9.56. The number of hydrogen-bond donors (Lipinski definition) is 0. The van der Waals surface area contributed by atoms with Crippen molar-refractivity contribution in [1.82, 2.24) is 9.88 Å². The van der Waals surface area contributed by atoms with Gasteiger partial charge in [0.2, 0.25) is 0 Å². The Labute approximate surface area is 117 Å². The fourth-order valence-corrected chi connectivity index (χ4v) is 2.41. The molecule has 0 spiro atoms. The third kappa shape index (κ3) is 2.61. The molecule has 2 aromatic heterocycles. The van der Waals surface area contributed by atoms with E-state index in [1.807, 2.05) is 23.2 Å². The lowest BCUT2D eigenvalue weighted by atomic mass is 10.2. The molecule has 0 aromatic carbocycles. The zero-order valence-corrected chi connectivity index (χ0v) is 11.2. The standard InChI is InChI=1S/C15H16N4O/c20-15(13-4-7-16-8-5-13)19-11-9-18(10-12-19)14-3-1-2-6-17-14/h1-8H,9-12H2/p+1. The zero-order chi connectivity index (χ0) is 13.8. The highest BCUT2D eigenvalue weighted by Crippen LogP contribution is 2.12. The first-order valence-electron chi connectivity index (χ1n) is 6.75. The molecule has 1 aliphatic heterocycles. The molecule has 5 nitrogen and oxygen atoms in total. The lowest BCUT2D eigenvalue weighted by Gasteiger charge is -2.31. The quantitative estimate of drug-likeness (QED) is 0.812. The molecular formula is C15H17N4O+. The molecule has 0 aliphatic carbocycles. The number of pyridine rings is 2. The average molecular weight is 269 g/mol. The molecule has 20 heavy (non-hydrogen) atoms. The Morgan fingerprint density at radius 1 is 1.05 bits per heavy atom. The molecule has 3 rings (SSSR count). The van der Waals surface area contributed by atoms with Crippen molar-refractivity contribution in [1.29, 1.82) is 0 Å². The molecule has 5 heteroatoms. The number of carbonyl (C=O) groups excluding carboxylic acids is 1. The van der Waals surface area contributed by atoms with Gasteiger partial charge in [-0.3, -0.25) is 14.7 Å². The monoisotopic (exact) mass is 269 g/mol. The molecule has 1 saturated heterocycles. The third-order valence-corrected chi connectivity index (χ3v) is 3.53. The fourth-order valence-electron chi connectivity index (χ4n) is 2.41. The number of aromatic nitrogens is 2. The van der Waals surface area contributed by atoms with E-state index in [9.17, 15) is 4.79 Å². The number of hydrogen-bond acceptors (Lipinski definition) is 3. The van der Waals surface area contributed by atoms with E-state index >= 15 is 0 Å². The Hall–Kier alpha value is -2.43. The van der Waals surface area contributed by atoms with E-state index in [1.165, 1.54) is 0 Å². The number of nitrogens with zero attached hydrogens (tertiary/aromatic N) is 3. The maximum Gasteiger partial charge on any atom is 0.274 e. The van der Waals surface area contributed by atoms with Crippen LogP contribution in [-0.2, 0) is 0 Å². The molecule has 1 N–H and O–H groups in total. The molecule has 0 atom stereocenters. The minimum absolute atomic E-state index is 0.0871. The largest absolute Gasteiger partial charge is 0.331 e. The highest BCUT2D eigenvalue weighted by atomic mass is 16.2. The van der Waals surface area contributed by atoms with Gasteiger partial charge >= 0.3 is 0 Å². The number of piperazine rings is 1. The number of anilines is 1. The van der Waals surface area contributed by atoms with E-state index in [1.54, 1.807) is 24.5 Å². The van der Waals surface area contributed by atoms with Crippen LogP contribution >= 0.6 is 0 Å². The lowest BCUT2D eigenvalue weighted by molar-refractivity contribution is -0.364. The summed E-state index contributed by atoms with van der Waals surface area (Å²) in [6.45, 7) is 3.17. The van der Waals surface area contributed by atoms with Gasteiger partial charge in [0.1, 0.15) is 13.1 Å². The molecule has 0 radical (unpaired) electrons. The van der Waals surface area contributed by atoms with Gasteiger partial charge in [-0.15, -0.1) is 0 Å². The second-order valence-electron chi connectivity index (χ2n) is 4.76. The van der Waals surface area contributed by atoms with Gasteiger partial charge in [-0.25, -0.2) is 4.98 Å². The molecule has 1 amide bonds. The van der Waals surface area contributed by atoms with E-state index in [0.717, 1.165) is 32.0 Å². The van der Waals surface area contributed by atoms with Crippen molar-refractivity contribution >= 4 is 11.7 Å². The number of nitrogens with one attached hydrogen (secondary N) is 1. The molecule has 102 valence electrons. The Morgan fingerprint density at radius 2 is 1.80 bits per heavy atom. The van der Waals surface area contributed by atoms with E-state index in [4.69, 9.17) is 0 Å². The van der Waals surface area contributed by atoms with Crippen molar-refractivity contribution in [2.45, 2.75) is 0 Å². The molecule has 1 fully saturated rings. The predicted octanol–water partition coefficient (Wildman–Crippen LogP) is 0.858. The zero-order valence-electron chi connectivity index (χ0n) is 11.2. The van der Waals surface area contributed by atoms with Crippen LogP contribution in [0.15, 0.2) is 48.9 Å². The molecule has 3 heterocycles. The van der Waals surface area contributed by atoms with Crippen molar-refractivity contribution in [3.63, 3.8) is 0 Å². The van der Waals surface area contributed by atoms with Gasteiger partial charge < -0.3 is 4.90 Å². The first-order chi connectivity index (χ1) is 9.84. The molecule has 0 saturated carbocycles. The SMILES string of the molecule is O=C(c1ccncc1)N1CCN(c2cccc[nH+]2)CC1. The summed E-state index contributed by atoms with van der Waals surface area (Å²) in [4.78, 5) is 23.6. The van der Waals surface area contributed by atoms with Crippen LogP contribution in [0.3, 0.4) is 0 Å². The number of H-pyrrole nitrogens is 1. The maximum absolute atomic E-state index is 12.3. The average Bonchev–Trinajstić information content (AvgIpc) is 2.56. The van der Waals surface area contributed by atoms with E-state index in [-0.39, 0.29) is 5.91 Å². The van der Waals surface area contributed by atoms with Crippen molar-refractivity contribution < 1.29 is 9.78 Å². The van der Waals surface area contributed by atoms with E-state index < -0.39 is 0 Å². The third-order valence-electron chi connectivity index (χ3n) is 3.53. The normalized spacial score (nSPS) is 15.2. The van der Waals surface area contributed by atoms with Gasteiger partial charge in [0, 0.05) is 24.0 Å². The summed E-state index contributed by atoms with van der Waals surface area (Å²) in [5, 5.41) is 0. The summed E-state index contributed by atoms with van der Waals surface area (Å²) in [5.41, 5.74) is 0.708. The van der Waals surface area contributed by atoms with Crippen LogP contribution in [0.2, 0.25) is 0 Å². The Bertz CT molecular complexity index is 565. The molecule has 2 aromatic rings. The van der Waals surface area contributed by atoms with Gasteiger partial charge in [-0.1, -0.05) is 6.07 Å². The minimum Gasteiger partial charge on any atom is -0.331 e. The van der Waals surface area contributed by atoms with Crippen molar-refractivity contribution in [3.05, 3.63) is 54.5 Å². The van der Waals surface area contributed by atoms with Gasteiger partial charge in [-0.2, -0.15) is 0 Å². The van der Waals surface area contributed by atoms with Crippen LogP contribution in [0.5, 0.6) is 0 Å². The number of aromatic amines is 1. The maximum atomic E-state index is 12.3. The van der Waals surface area contributed by atoms with Crippen LogP contribution in [0.25, 0.3) is 0 Å². The molecule has 0 bridgehead atoms. The lowest BCUT2D eigenvalue weighted by Crippen LogP contribution is -2.50. The van der Waals surface area contributed by atoms with Gasteiger partial charge in [0.25, 0.3) is 11.7 Å². The highest BCUT2D eigenvalue weighted by Gasteiger charge is 2.26. The van der Waals surface area contributed by atoms with Gasteiger partial charge in [0.15, 0.2) is 0 Å². The fraction of sp³-hybridized carbons (Fsp3) is 0.267.